The van der Waals surface area contributed by atoms with Crippen molar-refractivity contribution in [1.29, 1.82) is 0 Å². The van der Waals surface area contributed by atoms with Gasteiger partial charge < -0.3 is 4.42 Å². The molecule has 0 fully saturated rings. The molecular weight excluding hydrogens is 412 g/mol. The van der Waals surface area contributed by atoms with Crippen molar-refractivity contribution in [1.82, 2.24) is 14.8 Å². The van der Waals surface area contributed by atoms with E-state index in [4.69, 9.17) is 4.42 Å². The molecule has 2 aromatic carbocycles. The summed E-state index contributed by atoms with van der Waals surface area (Å²) in [7, 11) is 0. The Morgan fingerprint density at radius 1 is 1.04 bits per heavy atom. The van der Waals surface area contributed by atoms with Gasteiger partial charge in [-0.3, -0.25) is 14.8 Å². The Bertz CT molecular complexity index is 1080. The molecule has 0 saturated heterocycles. The van der Waals surface area contributed by atoms with Gasteiger partial charge in [-0.1, -0.05) is 15.9 Å². The fourth-order valence-corrected chi connectivity index (χ4v) is 2.91. The summed E-state index contributed by atoms with van der Waals surface area (Å²) in [5.41, 5.74) is 3.46. The molecule has 4 rings (SSSR count). The number of oxazole rings is 1. The zero-order chi connectivity index (χ0) is 18.8. The minimum atomic E-state index is -0.416. The van der Waals surface area contributed by atoms with Gasteiger partial charge in [0.25, 0.3) is 5.69 Å². The molecule has 0 amide bonds. The lowest BCUT2D eigenvalue weighted by atomic mass is 10.1. The average molecular weight is 425 g/mol. The largest absolute Gasteiger partial charge is 0.444 e. The monoisotopic (exact) mass is 424 g/mol. The molecule has 2 heterocycles. The molecule has 0 unspecified atom stereocenters. The summed E-state index contributed by atoms with van der Waals surface area (Å²) < 4.78 is 8.30. The lowest BCUT2D eigenvalue weighted by molar-refractivity contribution is -0.384. The lowest BCUT2D eigenvalue weighted by Crippen LogP contribution is -1.99. The molecule has 8 heteroatoms. The second-order valence-electron chi connectivity index (χ2n) is 5.88. The average Bonchev–Trinajstić information content (AvgIpc) is 3.33. The first-order chi connectivity index (χ1) is 13.1. The van der Waals surface area contributed by atoms with Crippen LogP contribution in [0.2, 0.25) is 0 Å². The highest BCUT2D eigenvalue weighted by molar-refractivity contribution is 9.10. The molecule has 0 bridgehead atoms. The Morgan fingerprint density at radius 2 is 1.74 bits per heavy atom. The Morgan fingerprint density at radius 3 is 2.44 bits per heavy atom. The van der Waals surface area contributed by atoms with Crippen LogP contribution < -0.4 is 0 Å². The van der Waals surface area contributed by atoms with Crippen LogP contribution in [-0.4, -0.2) is 19.7 Å². The molecule has 27 heavy (non-hydrogen) atoms. The van der Waals surface area contributed by atoms with E-state index in [2.05, 4.69) is 26.0 Å². The molecule has 7 nitrogen and oxygen atoms in total. The number of nitrogens with zero attached hydrogens (tertiary/aromatic N) is 4. The molecule has 0 radical (unpaired) electrons. The van der Waals surface area contributed by atoms with Gasteiger partial charge in [-0.25, -0.2) is 4.98 Å². The summed E-state index contributed by atoms with van der Waals surface area (Å²) in [6.07, 6.45) is 5.21. The third kappa shape index (κ3) is 3.80. The van der Waals surface area contributed by atoms with Gasteiger partial charge >= 0.3 is 0 Å². The minimum absolute atomic E-state index is 0.0641. The SMILES string of the molecule is O=[N+]([O-])c1ccc(-c2cnn(Cc3coc(-c4ccc(Br)cc4)n3)c2)cc1. The molecule has 0 atom stereocenters. The van der Waals surface area contributed by atoms with E-state index in [-0.39, 0.29) is 5.69 Å². The Balaban J connectivity index is 1.49. The van der Waals surface area contributed by atoms with Gasteiger partial charge in [-0.05, 0) is 42.0 Å². The Hall–Kier alpha value is -3.26. The van der Waals surface area contributed by atoms with Gasteiger partial charge in [-0.15, -0.1) is 0 Å². The fraction of sp³-hybridized carbons (Fsp3) is 0.0526. The van der Waals surface area contributed by atoms with Gasteiger partial charge in [-0.2, -0.15) is 5.10 Å². The molecule has 0 N–H and O–H groups in total. The topological polar surface area (TPSA) is 87.0 Å². The predicted octanol–water partition coefficient (Wildman–Crippen LogP) is 4.92. The van der Waals surface area contributed by atoms with E-state index in [9.17, 15) is 10.1 Å². The van der Waals surface area contributed by atoms with Crippen LogP contribution in [0.25, 0.3) is 22.6 Å². The molecule has 0 saturated carbocycles. The van der Waals surface area contributed by atoms with Gasteiger partial charge in [0.1, 0.15) is 12.0 Å². The van der Waals surface area contributed by atoms with Crippen molar-refractivity contribution in [2.45, 2.75) is 6.54 Å². The second-order valence-corrected chi connectivity index (χ2v) is 6.80. The van der Waals surface area contributed by atoms with E-state index in [1.54, 1.807) is 29.3 Å². The number of aromatic nitrogens is 3. The maximum Gasteiger partial charge on any atom is 0.269 e. The Labute approximate surface area is 162 Å². The number of nitro benzene ring substituents is 1. The summed E-state index contributed by atoms with van der Waals surface area (Å²) in [4.78, 5) is 14.8. The molecular formula is C19H13BrN4O3. The third-order valence-electron chi connectivity index (χ3n) is 4.01. The number of nitro groups is 1. The molecule has 0 aliphatic heterocycles. The lowest BCUT2D eigenvalue weighted by Gasteiger charge is -1.98. The first kappa shape index (κ1) is 17.2. The van der Waals surface area contributed by atoms with Crippen molar-refractivity contribution in [3.63, 3.8) is 0 Å². The number of non-ortho nitro benzene ring substituents is 1. The zero-order valence-electron chi connectivity index (χ0n) is 13.9. The van der Waals surface area contributed by atoms with Crippen molar-refractivity contribution in [2.24, 2.45) is 0 Å². The Kier molecular flexibility index (Phi) is 4.55. The number of rotatable bonds is 5. The van der Waals surface area contributed by atoms with Crippen LogP contribution in [0.1, 0.15) is 5.69 Å². The molecule has 4 aromatic rings. The second kappa shape index (κ2) is 7.16. The smallest absolute Gasteiger partial charge is 0.269 e. The number of benzene rings is 2. The van der Waals surface area contributed by atoms with E-state index >= 15 is 0 Å². The summed E-state index contributed by atoms with van der Waals surface area (Å²) in [5, 5.41) is 15.1. The maximum atomic E-state index is 10.7. The first-order valence-corrected chi connectivity index (χ1v) is 8.85. The van der Waals surface area contributed by atoms with E-state index in [1.165, 1.54) is 12.1 Å². The normalized spacial score (nSPS) is 10.9. The van der Waals surface area contributed by atoms with Crippen LogP contribution in [0.4, 0.5) is 5.69 Å². The van der Waals surface area contributed by atoms with Crippen molar-refractivity contribution < 1.29 is 9.34 Å². The quantitative estimate of drug-likeness (QED) is 0.335. The maximum absolute atomic E-state index is 10.7. The van der Waals surface area contributed by atoms with Crippen molar-refractivity contribution >= 4 is 21.6 Å². The summed E-state index contributed by atoms with van der Waals surface area (Å²) >= 11 is 3.40. The molecule has 0 aliphatic rings. The molecule has 134 valence electrons. The summed E-state index contributed by atoms with van der Waals surface area (Å²) in [6, 6.07) is 14.1. The van der Waals surface area contributed by atoms with E-state index in [0.717, 1.165) is 26.9 Å². The number of hydrogen-bond acceptors (Lipinski definition) is 5. The highest BCUT2D eigenvalue weighted by Gasteiger charge is 2.10. The third-order valence-corrected chi connectivity index (χ3v) is 4.54. The molecule has 2 aromatic heterocycles. The van der Waals surface area contributed by atoms with Crippen LogP contribution in [0.5, 0.6) is 0 Å². The van der Waals surface area contributed by atoms with Gasteiger partial charge in [0.05, 0.1) is 17.7 Å². The van der Waals surface area contributed by atoms with Crippen LogP contribution in [0.3, 0.4) is 0 Å². The van der Waals surface area contributed by atoms with E-state index in [1.807, 2.05) is 30.5 Å². The number of hydrogen-bond donors (Lipinski definition) is 0. The van der Waals surface area contributed by atoms with E-state index in [0.29, 0.717) is 12.4 Å². The highest BCUT2D eigenvalue weighted by Crippen LogP contribution is 2.23. The van der Waals surface area contributed by atoms with Crippen molar-refractivity contribution in [2.75, 3.05) is 0 Å². The number of halogens is 1. The summed E-state index contributed by atoms with van der Waals surface area (Å²) in [5.74, 6) is 0.556. The molecule has 0 spiro atoms. The minimum Gasteiger partial charge on any atom is -0.444 e. The predicted molar refractivity (Wildman–Crippen MR) is 103 cm³/mol. The van der Waals surface area contributed by atoms with Crippen LogP contribution in [0, 0.1) is 10.1 Å². The van der Waals surface area contributed by atoms with Crippen LogP contribution in [0.15, 0.2) is 76.1 Å². The van der Waals surface area contributed by atoms with Gasteiger partial charge in [0.2, 0.25) is 5.89 Å². The highest BCUT2D eigenvalue weighted by atomic mass is 79.9. The van der Waals surface area contributed by atoms with Gasteiger partial charge in [0, 0.05) is 33.9 Å². The van der Waals surface area contributed by atoms with E-state index < -0.39 is 4.92 Å². The summed E-state index contributed by atoms with van der Waals surface area (Å²) in [6.45, 7) is 0.465. The zero-order valence-corrected chi connectivity index (χ0v) is 15.5. The van der Waals surface area contributed by atoms with Crippen LogP contribution in [-0.2, 0) is 6.54 Å². The molecule has 0 aliphatic carbocycles. The fourth-order valence-electron chi connectivity index (χ4n) is 2.65. The van der Waals surface area contributed by atoms with Crippen LogP contribution >= 0.6 is 15.9 Å². The van der Waals surface area contributed by atoms with Crippen molar-refractivity contribution in [3.05, 3.63) is 87.5 Å². The first-order valence-electron chi connectivity index (χ1n) is 8.06. The van der Waals surface area contributed by atoms with Crippen molar-refractivity contribution in [3.8, 4) is 22.6 Å². The van der Waals surface area contributed by atoms with Gasteiger partial charge in [0.15, 0.2) is 0 Å². The standard InChI is InChI=1S/C19H13BrN4O3/c20-16-5-1-14(2-6-16)19-22-17(12-27-19)11-23-10-15(9-21-23)13-3-7-18(8-4-13)24(25)26/h1-10,12H,11H2.